The average molecular weight is 341 g/mol. The van der Waals surface area contributed by atoms with Crippen molar-refractivity contribution in [2.75, 3.05) is 12.3 Å². The van der Waals surface area contributed by atoms with Gasteiger partial charge in [0.2, 0.25) is 5.95 Å². The summed E-state index contributed by atoms with van der Waals surface area (Å²) in [7, 11) is 0. The predicted octanol–water partition coefficient (Wildman–Crippen LogP) is 3.53. The largest absolute Gasteiger partial charge is 0.460 e. The lowest BCUT2D eigenvalue weighted by molar-refractivity contribution is 0.224. The Balaban J connectivity index is 1.48. The summed E-state index contributed by atoms with van der Waals surface area (Å²) in [5.74, 6) is 2.12. The molecule has 4 rings (SSSR count). The number of hydrogen-bond donors (Lipinski definition) is 1. The van der Waals surface area contributed by atoms with Crippen molar-refractivity contribution < 1.29 is 4.42 Å². The molecule has 5 nitrogen and oxygen atoms in total. The van der Waals surface area contributed by atoms with E-state index in [2.05, 4.69) is 14.9 Å². The maximum Gasteiger partial charge on any atom is 0.220 e. The molecule has 0 bridgehead atoms. The average Bonchev–Trinajstić information content (AvgIpc) is 3.03. The zero-order valence-electron chi connectivity index (χ0n) is 13.1. The van der Waals surface area contributed by atoms with Crippen molar-refractivity contribution in [3.63, 3.8) is 0 Å². The van der Waals surface area contributed by atoms with Gasteiger partial charge in [0.15, 0.2) is 0 Å². The van der Waals surface area contributed by atoms with E-state index in [-0.39, 0.29) is 0 Å². The van der Waals surface area contributed by atoms with Gasteiger partial charge in [-0.3, -0.25) is 4.90 Å². The lowest BCUT2D eigenvalue weighted by Gasteiger charge is -2.26. The van der Waals surface area contributed by atoms with Gasteiger partial charge in [0, 0.05) is 41.9 Å². The van der Waals surface area contributed by atoms with E-state index in [9.17, 15) is 0 Å². The minimum atomic E-state index is 0.347. The van der Waals surface area contributed by atoms with Gasteiger partial charge in [-0.2, -0.15) is 0 Å². The molecule has 0 fully saturated rings. The minimum absolute atomic E-state index is 0.347. The van der Waals surface area contributed by atoms with Crippen LogP contribution in [-0.2, 0) is 19.5 Å². The molecular weight excluding hydrogens is 324 g/mol. The maximum absolute atomic E-state index is 6.05. The van der Waals surface area contributed by atoms with Crippen molar-refractivity contribution in [3.05, 3.63) is 64.6 Å². The van der Waals surface area contributed by atoms with Crippen LogP contribution in [0.5, 0.6) is 0 Å². The van der Waals surface area contributed by atoms with Gasteiger partial charge in [-0.05, 0) is 24.3 Å². The fourth-order valence-corrected chi connectivity index (χ4v) is 3.20. The molecule has 1 aliphatic rings. The van der Waals surface area contributed by atoms with Crippen LogP contribution < -0.4 is 5.73 Å². The van der Waals surface area contributed by atoms with E-state index in [1.165, 1.54) is 0 Å². The van der Waals surface area contributed by atoms with Crippen LogP contribution >= 0.6 is 11.6 Å². The Kier molecular flexibility index (Phi) is 3.96. The molecule has 0 radical (unpaired) electrons. The van der Waals surface area contributed by atoms with E-state index in [4.69, 9.17) is 21.8 Å². The van der Waals surface area contributed by atoms with Crippen LogP contribution in [0, 0.1) is 0 Å². The Hall–Kier alpha value is -2.37. The number of halogens is 1. The van der Waals surface area contributed by atoms with E-state index < -0.39 is 0 Å². The third-order valence-electron chi connectivity index (χ3n) is 4.18. The molecule has 1 aliphatic heterocycles. The monoisotopic (exact) mass is 340 g/mol. The number of rotatable bonds is 3. The van der Waals surface area contributed by atoms with Crippen molar-refractivity contribution in [1.29, 1.82) is 0 Å². The summed E-state index contributed by atoms with van der Waals surface area (Å²) in [5, 5.41) is 0.706. The highest BCUT2D eigenvalue weighted by Gasteiger charge is 2.19. The molecule has 0 unspecified atom stereocenters. The van der Waals surface area contributed by atoms with Crippen molar-refractivity contribution in [2.45, 2.75) is 19.5 Å². The van der Waals surface area contributed by atoms with Crippen LogP contribution in [0.3, 0.4) is 0 Å². The zero-order chi connectivity index (χ0) is 16.5. The van der Waals surface area contributed by atoms with Gasteiger partial charge < -0.3 is 10.2 Å². The second kappa shape index (κ2) is 6.26. The molecule has 2 aromatic heterocycles. The lowest BCUT2D eigenvalue weighted by Crippen LogP contribution is -2.30. The highest BCUT2D eigenvalue weighted by atomic mass is 35.5. The first-order valence-electron chi connectivity index (χ1n) is 7.84. The topological polar surface area (TPSA) is 68.2 Å². The van der Waals surface area contributed by atoms with Crippen LogP contribution in [0.4, 0.5) is 5.95 Å². The molecule has 0 amide bonds. The Morgan fingerprint density at radius 1 is 1.25 bits per heavy atom. The number of hydrogen-bond acceptors (Lipinski definition) is 5. The maximum atomic E-state index is 6.05. The number of nitrogens with two attached hydrogens (primary N) is 1. The van der Waals surface area contributed by atoms with Crippen LogP contribution in [0.1, 0.15) is 17.0 Å². The second-order valence-corrected chi connectivity index (χ2v) is 6.37. The van der Waals surface area contributed by atoms with E-state index in [1.54, 1.807) is 0 Å². The van der Waals surface area contributed by atoms with Gasteiger partial charge in [-0.15, -0.1) is 0 Å². The second-order valence-electron chi connectivity index (χ2n) is 5.94. The summed E-state index contributed by atoms with van der Waals surface area (Å²) in [4.78, 5) is 10.7. The number of furan rings is 1. The van der Waals surface area contributed by atoms with Gasteiger partial charge >= 0.3 is 0 Å². The summed E-state index contributed by atoms with van der Waals surface area (Å²) in [6.45, 7) is 2.49. The number of anilines is 1. The normalized spacial score (nSPS) is 14.5. The molecule has 0 saturated heterocycles. The molecule has 3 heterocycles. The van der Waals surface area contributed by atoms with Gasteiger partial charge in [0.1, 0.15) is 11.5 Å². The first-order valence-corrected chi connectivity index (χ1v) is 8.22. The fourth-order valence-electron chi connectivity index (χ4n) is 3.01. The van der Waals surface area contributed by atoms with E-state index in [0.29, 0.717) is 11.0 Å². The Morgan fingerprint density at radius 3 is 3.04 bits per heavy atom. The smallest absolute Gasteiger partial charge is 0.220 e. The highest BCUT2D eigenvalue weighted by molar-refractivity contribution is 6.30. The molecule has 122 valence electrons. The third-order valence-corrected chi connectivity index (χ3v) is 4.42. The summed E-state index contributed by atoms with van der Waals surface area (Å²) < 4.78 is 5.98. The first-order chi connectivity index (χ1) is 11.7. The molecule has 0 saturated carbocycles. The Labute approximate surface area is 145 Å². The highest BCUT2D eigenvalue weighted by Crippen LogP contribution is 2.26. The molecule has 2 N–H and O–H groups in total. The number of fused-ring (bicyclic) bond motifs is 1. The predicted molar refractivity (Wildman–Crippen MR) is 93.4 cm³/mol. The molecule has 3 aromatic rings. The molecule has 0 atom stereocenters. The quantitative estimate of drug-likeness (QED) is 0.790. The molecule has 0 spiro atoms. The molecule has 24 heavy (non-hydrogen) atoms. The summed E-state index contributed by atoms with van der Waals surface area (Å²) in [6, 6.07) is 11.7. The summed E-state index contributed by atoms with van der Waals surface area (Å²) >= 11 is 6.05. The Morgan fingerprint density at radius 2 is 2.17 bits per heavy atom. The van der Waals surface area contributed by atoms with E-state index in [0.717, 1.165) is 54.4 Å². The van der Waals surface area contributed by atoms with Gasteiger partial charge in [0.05, 0.1) is 12.2 Å². The zero-order valence-corrected chi connectivity index (χ0v) is 13.8. The van der Waals surface area contributed by atoms with Crippen LogP contribution in [0.15, 0.2) is 47.0 Å². The molecular formula is C18H17ClN4O. The number of aromatic nitrogens is 2. The van der Waals surface area contributed by atoms with Crippen LogP contribution in [0.2, 0.25) is 5.02 Å². The van der Waals surface area contributed by atoms with E-state index in [1.807, 2.05) is 42.6 Å². The lowest BCUT2D eigenvalue weighted by atomic mass is 10.1. The van der Waals surface area contributed by atoms with Gasteiger partial charge in [-0.25, -0.2) is 9.97 Å². The molecule has 1 aromatic carbocycles. The number of nitrogens with zero attached hydrogens (tertiary/aromatic N) is 3. The van der Waals surface area contributed by atoms with Crippen LogP contribution in [-0.4, -0.2) is 21.4 Å². The SMILES string of the molecule is Nc1ncc2c(n1)CCN(Cc1ccc(-c3cccc(Cl)c3)o1)C2. The van der Waals surface area contributed by atoms with Gasteiger partial charge in [0.25, 0.3) is 0 Å². The van der Waals surface area contributed by atoms with Crippen molar-refractivity contribution in [3.8, 4) is 11.3 Å². The molecule has 0 aliphatic carbocycles. The van der Waals surface area contributed by atoms with Crippen molar-refractivity contribution in [2.24, 2.45) is 0 Å². The third kappa shape index (κ3) is 3.13. The first kappa shape index (κ1) is 15.2. The number of benzene rings is 1. The van der Waals surface area contributed by atoms with E-state index >= 15 is 0 Å². The summed E-state index contributed by atoms with van der Waals surface area (Å²) in [5.41, 5.74) is 8.83. The van der Waals surface area contributed by atoms with Gasteiger partial charge in [-0.1, -0.05) is 23.7 Å². The fraction of sp³-hybridized carbons (Fsp3) is 0.222. The minimum Gasteiger partial charge on any atom is -0.460 e. The molecule has 6 heteroatoms. The van der Waals surface area contributed by atoms with Crippen LogP contribution in [0.25, 0.3) is 11.3 Å². The standard InChI is InChI=1S/C18H17ClN4O/c19-14-3-1-2-12(8-14)17-5-4-15(24-17)11-23-7-6-16-13(10-23)9-21-18(20)22-16/h1-5,8-9H,6-7,10-11H2,(H2,20,21,22). The van der Waals surface area contributed by atoms with Crippen molar-refractivity contribution >= 4 is 17.5 Å². The number of nitrogen functional groups attached to an aromatic ring is 1. The van der Waals surface area contributed by atoms with Crippen molar-refractivity contribution in [1.82, 2.24) is 14.9 Å². The Bertz CT molecular complexity index is 877. The summed E-state index contributed by atoms with van der Waals surface area (Å²) in [6.07, 6.45) is 2.70.